The molecule has 202 valence electrons. The van der Waals surface area contributed by atoms with Crippen molar-refractivity contribution in [1.29, 1.82) is 0 Å². The number of para-hydroxylation sites is 2. The van der Waals surface area contributed by atoms with Gasteiger partial charge in [0.25, 0.3) is 11.5 Å². The molecule has 2 N–H and O–H groups in total. The first kappa shape index (κ1) is 27.5. The van der Waals surface area contributed by atoms with Crippen molar-refractivity contribution in [1.82, 2.24) is 9.55 Å². The van der Waals surface area contributed by atoms with Crippen LogP contribution in [0.3, 0.4) is 0 Å². The molecule has 2 aromatic carbocycles. The van der Waals surface area contributed by atoms with Crippen LogP contribution in [0, 0.1) is 6.92 Å². The summed E-state index contributed by atoms with van der Waals surface area (Å²) in [5.41, 5.74) is 1.25. The number of amides is 2. The third kappa shape index (κ3) is 5.68. The van der Waals surface area contributed by atoms with Gasteiger partial charge in [0.15, 0.2) is 0 Å². The van der Waals surface area contributed by atoms with E-state index in [0.717, 1.165) is 11.3 Å². The number of benzene rings is 2. The molecule has 0 saturated carbocycles. The van der Waals surface area contributed by atoms with Gasteiger partial charge in [0.1, 0.15) is 16.6 Å². The van der Waals surface area contributed by atoms with Crippen LogP contribution in [-0.2, 0) is 9.53 Å². The van der Waals surface area contributed by atoms with Gasteiger partial charge in [0.05, 0.1) is 41.6 Å². The maximum atomic E-state index is 13.6. The van der Waals surface area contributed by atoms with Gasteiger partial charge in [0.2, 0.25) is 5.91 Å². The van der Waals surface area contributed by atoms with Crippen molar-refractivity contribution in [2.24, 2.45) is 0 Å². The lowest BCUT2D eigenvalue weighted by Gasteiger charge is -2.18. The number of methoxy groups -OCH3 is 1. The summed E-state index contributed by atoms with van der Waals surface area (Å²) < 4.78 is 11.6. The van der Waals surface area contributed by atoms with E-state index in [1.807, 2.05) is 0 Å². The van der Waals surface area contributed by atoms with Crippen LogP contribution < -0.4 is 20.9 Å². The number of hydrogen-bond donors (Lipinski definition) is 2. The zero-order chi connectivity index (χ0) is 28.1. The predicted octanol–water partition coefficient (Wildman–Crippen LogP) is 4.79. The first-order valence-electron chi connectivity index (χ1n) is 12.3. The van der Waals surface area contributed by atoms with Crippen molar-refractivity contribution in [3.63, 3.8) is 0 Å². The molecular formula is C28H28N4O6S. The molecular weight excluding hydrogens is 520 g/mol. The van der Waals surface area contributed by atoms with Gasteiger partial charge in [-0.25, -0.2) is 9.78 Å². The van der Waals surface area contributed by atoms with Crippen LogP contribution in [0.15, 0.2) is 59.7 Å². The molecule has 2 heterocycles. The highest BCUT2D eigenvalue weighted by atomic mass is 32.1. The lowest BCUT2D eigenvalue weighted by Crippen LogP contribution is -2.33. The first-order chi connectivity index (χ1) is 18.8. The number of carbonyl (C=O) groups excluding carboxylic acids is 3. The number of nitrogens with one attached hydrogen (secondary N) is 2. The Morgan fingerprint density at radius 1 is 1.08 bits per heavy atom. The number of anilines is 2. The number of ether oxygens (including phenoxy) is 2. The van der Waals surface area contributed by atoms with E-state index in [4.69, 9.17) is 9.47 Å². The zero-order valence-electron chi connectivity index (χ0n) is 21.9. The Morgan fingerprint density at radius 2 is 1.85 bits per heavy atom. The molecule has 0 aliphatic heterocycles. The van der Waals surface area contributed by atoms with Crippen LogP contribution >= 0.6 is 11.3 Å². The minimum absolute atomic E-state index is 0.234. The van der Waals surface area contributed by atoms with Crippen LogP contribution in [0.1, 0.15) is 51.9 Å². The van der Waals surface area contributed by atoms with Gasteiger partial charge in [-0.05, 0) is 56.2 Å². The van der Waals surface area contributed by atoms with Gasteiger partial charge in [-0.3, -0.25) is 19.0 Å². The van der Waals surface area contributed by atoms with Crippen molar-refractivity contribution < 1.29 is 23.9 Å². The molecule has 1 unspecified atom stereocenters. The van der Waals surface area contributed by atoms with E-state index in [9.17, 15) is 19.2 Å². The number of fused-ring (bicyclic) bond motifs is 1. The quantitative estimate of drug-likeness (QED) is 0.288. The minimum atomic E-state index is -0.870. The molecule has 0 bridgehead atoms. The summed E-state index contributed by atoms with van der Waals surface area (Å²) in [5, 5.41) is 5.88. The largest absolute Gasteiger partial charge is 0.495 e. The number of aryl methyl sites for hydroxylation is 1. The Balaban J connectivity index is 1.62. The van der Waals surface area contributed by atoms with Gasteiger partial charge in [-0.1, -0.05) is 25.1 Å². The van der Waals surface area contributed by atoms with Gasteiger partial charge < -0.3 is 20.1 Å². The second-order valence-electron chi connectivity index (χ2n) is 8.56. The molecule has 10 nitrogen and oxygen atoms in total. The summed E-state index contributed by atoms with van der Waals surface area (Å²) in [7, 11) is 1.51. The molecule has 0 aliphatic rings. The van der Waals surface area contributed by atoms with Gasteiger partial charge in [-0.2, -0.15) is 0 Å². The molecule has 2 amide bonds. The lowest BCUT2D eigenvalue weighted by molar-refractivity contribution is -0.119. The summed E-state index contributed by atoms with van der Waals surface area (Å²) in [6.07, 6.45) is 1.63. The Labute approximate surface area is 228 Å². The summed E-state index contributed by atoms with van der Waals surface area (Å²) in [6, 6.07) is 12.5. The van der Waals surface area contributed by atoms with E-state index in [0.29, 0.717) is 44.4 Å². The van der Waals surface area contributed by atoms with Crippen molar-refractivity contribution in [2.45, 2.75) is 33.2 Å². The molecule has 0 fully saturated rings. The summed E-state index contributed by atoms with van der Waals surface area (Å²) in [4.78, 5) is 57.1. The highest BCUT2D eigenvalue weighted by molar-refractivity contribution is 7.20. The predicted molar refractivity (Wildman–Crippen MR) is 150 cm³/mol. The highest BCUT2D eigenvalue weighted by Crippen LogP contribution is 2.30. The normalized spacial score (nSPS) is 11.6. The number of thiophene rings is 1. The van der Waals surface area contributed by atoms with E-state index < -0.39 is 29.4 Å². The van der Waals surface area contributed by atoms with Crippen LogP contribution in [0.2, 0.25) is 0 Å². The number of aromatic nitrogens is 2. The van der Waals surface area contributed by atoms with Crippen molar-refractivity contribution in [3.8, 4) is 5.75 Å². The van der Waals surface area contributed by atoms with Crippen molar-refractivity contribution in [3.05, 3.63) is 81.2 Å². The van der Waals surface area contributed by atoms with E-state index in [2.05, 4.69) is 15.6 Å². The molecule has 11 heteroatoms. The van der Waals surface area contributed by atoms with Gasteiger partial charge >= 0.3 is 5.97 Å². The summed E-state index contributed by atoms with van der Waals surface area (Å²) in [6.45, 7) is 5.41. The Morgan fingerprint density at radius 3 is 2.56 bits per heavy atom. The first-order valence-corrected chi connectivity index (χ1v) is 13.1. The fourth-order valence-corrected chi connectivity index (χ4v) is 5.21. The molecule has 1 atom stereocenters. The zero-order valence-corrected chi connectivity index (χ0v) is 22.8. The third-order valence-electron chi connectivity index (χ3n) is 6.10. The smallest absolute Gasteiger partial charge is 0.338 e. The molecule has 0 spiro atoms. The standard InChI is InChI=1S/C28H28N4O6S/c1-5-20(24(33)30-18-11-9-10-17(14-18)28(36)38-6-2)32-15-29-26-22(27(32)35)16(3)23(39-26)25(34)31-19-12-7-8-13-21(19)37-4/h7-15,20H,5-6H2,1-4H3,(H,30,33)(H,31,34). The number of rotatable bonds is 9. The Bertz CT molecular complexity index is 1610. The van der Waals surface area contributed by atoms with Crippen molar-refractivity contribution in [2.75, 3.05) is 24.4 Å². The average Bonchev–Trinajstić information content (AvgIpc) is 3.28. The monoisotopic (exact) mass is 548 g/mol. The average molecular weight is 549 g/mol. The number of esters is 1. The Hall–Kier alpha value is -4.51. The van der Waals surface area contributed by atoms with E-state index in [1.54, 1.807) is 63.2 Å². The summed E-state index contributed by atoms with van der Waals surface area (Å²) in [5.74, 6) is -0.819. The molecule has 2 aromatic heterocycles. The van der Waals surface area contributed by atoms with Crippen LogP contribution in [-0.4, -0.2) is 41.1 Å². The fourth-order valence-electron chi connectivity index (χ4n) is 4.18. The van der Waals surface area contributed by atoms with Crippen LogP contribution in [0.4, 0.5) is 11.4 Å². The highest BCUT2D eigenvalue weighted by Gasteiger charge is 2.25. The second kappa shape index (κ2) is 11.9. The maximum Gasteiger partial charge on any atom is 0.338 e. The molecule has 4 aromatic rings. The number of hydrogen-bond acceptors (Lipinski definition) is 8. The topological polar surface area (TPSA) is 129 Å². The van der Waals surface area contributed by atoms with Crippen molar-refractivity contribution >= 4 is 50.7 Å². The molecule has 0 radical (unpaired) electrons. The molecule has 39 heavy (non-hydrogen) atoms. The second-order valence-corrected chi connectivity index (χ2v) is 9.56. The van der Waals surface area contributed by atoms with E-state index in [-0.39, 0.29) is 12.0 Å². The molecule has 0 aliphatic carbocycles. The number of nitrogens with zero attached hydrogens (tertiary/aromatic N) is 2. The number of carbonyl (C=O) groups is 3. The maximum absolute atomic E-state index is 13.6. The van der Waals surface area contributed by atoms with Gasteiger partial charge in [-0.15, -0.1) is 11.3 Å². The minimum Gasteiger partial charge on any atom is -0.495 e. The Kier molecular flexibility index (Phi) is 8.40. The van der Waals surface area contributed by atoms with Crippen LogP contribution in [0.25, 0.3) is 10.2 Å². The molecule has 4 rings (SSSR count). The fraction of sp³-hybridized carbons (Fsp3) is 0.250. The molecule has 0 saturated heterocycles. The lowest BCUT2D eigenvalue weighted by atomic mass is 10.1. The third-order valence-corrected chi connectivity index (χ3v) is 7.30. The summed E-state index contributed by atoms with van der Waals surface area (Å²) >= 11 is 1.10. The van der Waals surface area contributed by atoms with Crippen LogP contribution in [0.5, 0.6) is 5.75 Å². The van der Waals surface area contributed by atoms with E-state index >= 15 is 0 Å². The SMILES string of the molecule is CCOC(=O)c1cccc(NC(=O)C(CC)n2cnc3sc(C(=O)Nc4ccccc4OC)c(C)c3c2=O)c1. The van der Waals surface area contributed by atoms with E-state index in [1.165, 1.54) is 24.1 Å². The van der Waals surface area contributed by atoms with Gasteiger partial charge in [0, 0.05) is 5.69 Å².